The van der Waals surface area contributed by atoms with Gasteiger partial charge in [-0.05, 0) is 69.8 Å². The molecule has 0 atom stereocenters. The maximum Gasteiger partial charge on any atom is 0.0453 e. The summed E-state index contributed by atoms with van der Waals surface area (Å²) in [7, 11) is 0. The Morgan fingerprint density at radius 3 is 2.60 bits per heavy atom. The van der Waals surface area contributed by atoms with Crippen molar-refractivity contribution in [1.82, 2.24) is 10.2 Å². The summed E-state index contributed by atoms with van der Waals surface area (Å²) in [6.45, 7) is 11.1. The van der Waals surface area contributed by atoms with Crippen LogP contribution in [0, 0.1) is 12.8 Å². The van der Waals surface area contributed by atoms with E-state index in [1.54, 1.807) is 0 Å². The average molecular weight is 295 g/mol. The maximum atomic E-state index is 6.38. The third-order valence-corrected chi connectivity index (χ3v) is 4.62. The quantitative estimate of drug-likeness (QED) is 0.887. The molecule has 112 valence electrons. The van der Waals surface area contributed by atoms with E-state index in [1.807, 2.05) is 0 Å². The molecular formula is C17H27ClN2. The van der Waals surface area contributed by atoms with Crippen molar-refractivity contribution >= 4 is 11.6 Å². The molecule has 0 aliphatic carbocycles. The van der Waals surface area contributed by atoms with Gasteiger partial charge in [-0.15, -0.1) is 0 Å². The molecule has 1 aliphatic rings. The minimum Gasteiger partial charge on any atom is -0.317 e. The number of halogens is 1. The first-order valence-electron chi connectivity index (χ1n) is 7.76. The summed E-state index contributed by atoms with van der Waals surface area (Å²) in [6, 6.07) is 6.96. The van der Waals surface area contributed by atoms with Crippen molar-refractivity contribution in [3.63, 3.8) is 0 Å². The number of piperidine rings is 1. The topological polar surface area (TPSA) is 15.3 Å². The molecule has 1 N–H and O–H groups in total. The molecule has 0 saturated carbocycles. The fourth-order valence-corrected chi connectivity index (χ4v) is 3.15. The van der Waals surface area contributed by atoms with Crippen LogP contribution in [0.5, 0.6) is 0 Å². The molecule has 2 rings (SSSR count). The lowest BCUT2D eigenvalue weighted by atomic mass is 9.96. The molecule has 0 bridgehead atoms. The molecule has 0 radical (unpaired) electrons. The molecule has 0 aromatic heterocycles. The average Bonchev–Trinajstić information content (AvgIpc) is 2.42. The fourth-order valence-electron chi connectivity index (χ4n) is 2.85. The van der Waals surface area contributed by atoms with Gasteiger partial charge >= 0.3 is 0 Å². The molecule has 0 amide bonds. The van der Waals surface area contributed by atoms with Gasteiger partial charge in [0.15, 0.2) is 0 Å². The molecule has 0 unspecified atom stereocenters. The Hall–Kier alpha value is -0.570. The lowest BCUT2D eigenvalue weighted by Gasteiger charge is -2.33. The Morgan fingerprint density at radius 1 is 1.30 bits per heavy atom. The predicted molar refractivity (Wildman–Crippen MR) is 87.3 cm³/mol. The van der Waals surface area contributed by atoms with Crippen LogP contribution in [0.15, 0.2) is 18.2 Å². The second kappa shape index (κ2) is 7.44. The zero-order valence-corrected chi connectivity index (χ0v) is 13.7. The molecule has 1 heterocycles. The van der Waals surface area contributed by atoms with Crippen LogP contribution in [0.3, 0.4) is 0 Å². The normalized spacial score (nSPS) is 17.1. The first-order valence-corrected chi connectivity index (χ1v) is 8.14. The Balaban J connectivity index is 2.01. The molecule has 1 saturated heterocycles. The lowest BCUT2D eigenvalue weighted by Crippen LogP contribution is -2.39. The van der Waals surface area contributed by atoms with Crippen LogP contribution in [0.2, 0.25) is 5.02 Å². The fraction of sp³-hybridized carbons (Fsp3) is 0.647. The number of benzene rings is 1. The van der Waals surface area contributed by atoms with E-state index in [0.29, 0.717) is 6.04 Å². The molecule has 20 heavy (non-hydrogen) atoms. The van der Waals surface area contributed by atoms with Gasteiger partial charge in [-0.25, -0.2) is 0 Å². The SMILES string of the molecule is Cc1ccc(CN(CC2CCNCC2)C(C)C)c(Cl)c1. The summed E-state index contributed by atoms with van der Waals surface area (Å²) in [6.07, 6.45) is 2.59. The van der Waals surface area contributed by atoms with Crippen molar-refractivity contribution in [2.45, 2.75) is 46.2 Å². The number of nitrogens with zero attached hydrogens (tertiary/aromatic N) is 1. The van der Waals surface area contributed by atoms with Crippen molar-refractivity contribution in [3.8, 4) is 0 Å². The zero-order chi connectivity index (χ0) is 14.5. The largest absolute Gasteiger partial charge is 0.317 e. The van der Waals surface area contributed by atoms with Gasteiger partial charge in [0, 0.05) is 24.2 Å². The van der Waals surface area contributed by atoms with Crippen molar-refractivity contribution < 1.29 is 0 Å². The Labute approximate surface area is 128 Å². The summed E-state index contributed by atoms with van der Waals surface area (Å²) < 4.78 is 0. The number of aryl methyl sites for hydroxylation is 1. The van der Waals surface area contributed by atoms with E-state index < -0.39 is 0 Å². The van der Waals surface area contributed by atoms with Crippen LogP contribution in [0.25, 0.3) is 0 Å². The minimum atomic E-state index is 0.558. The summed E-state index contributed by atoms with van der Waals surface area (Å²) in [5, 5.41) is 4.35. The highest BCUT2D eigenvalue weighted by Crippen LogP contribution is 2.22. The lowest BCUT2D eigenvalue weighted by molar-refractivity contribution is 0.162. The van der Waals surface area contributed by atoms with E-state index in [0.717, 1.165) is 17.5 Å². The van der Waals surface area contributed by atoms with E-state index in [-0.39, 0.29) is 0 Å². The first-order chi connectivity index (χ1) is 9.56. The summed E-state index contributed by atoms with van der Waals surface area (Å²) in [5.74, 6) is 0.822. The number of rotatable bonds is 5. The highest BCUT2D eigenvalue weighted by atomic mass is 35.5. The third kappa shape index (κ3) is 4.47. The smallest absolute Gasteiger partial charge is 0.0453 e. The number of nitrogens with one attached hydrogen (secondary N) is 1. The van der Waals surface area contributed by atoms with Crippen LogP contribution in [0.4, 0.5) is 0 Å². The van der Waals surface area contributed by atoms with Gasteiger partial charge in [-0.1, -0.05) is 23.7 Å². The summed E-state index contributed by atoms with van der Waals surface area (Å²) in [5.41, 5.74) is 2.48. The van der Waals surface area contributed by atoms with Crippen LogP contribution in [-0.4, -0.2) is 30.6 Å². The van der Waals surface area contributed by atoms with E-state index in [9.17, 15) is 0 Å². The molecule has 3 heteroatoms. The molecule has 0 spiro atoms. The van der Waals surface area contributed by atoms with Gasteiger partial charge in [0.25, 0.3) is 0 Å². The zero-order valence-electron chi connectivity index (χ0n) is 13.0. The van der Waals surface area contributed by atoms with E-state index >= 15 is 0 Å². The van der Waals surface area contributed by atoms with E-state index in [2.05, 4.69) is 49.2 Å². The van der Waals surface area contributed by atoms with Crippen LogP contribution in [-0.2, 0) is 6.54 Å². The highest BCUT2D eigenvalue weighted by Gasteiger charge is 2.19. The highest BCUT2D eigenvalue weighted by molar-refractivity contribution is 6.31. The second-order valence-electron chi connectivity index (χ2n) is 6.31. The van der Waals surface area contributed by atoms with Crippen molar-refractivity contribution in [3.05, 3.63) is 34.3 Å². The van der Waals surface area contributed by atoms with Crippen molar-refractivity contribution in [1.29, 1.82) is 0 Å². The maximum absolute atomic E-state index is 6.38. The van der Waals surface area contributed by atoms with Gasteiger partial charge in [-0.2, -0.15) is 0 Å². The van der Waals surface area contributed by atoms with Crippen molar-refractivity contribution in [2.24, 2.45) is 5.92 Å². The van der Waals surface area contributed by atoms with Crippen molar-refractivity contribution in [2.75, 3.05) is 19.6 Å². The van der Waals surface area contributed by atoms with Gasteiger partial charge in [0.2, 0.25) is 0 Å². The Kier molecular flexibility index (Phi) is 5.88. The van der Waals surface area contributed by atoms with Gasteiger partial charge in [0.05, 0.1) is 0 Å². The predicted octanol–water partition coefficient (Wildman–Crippen LogP) is 3.86. The number of hydrogen-bond donors (Lipinski definition) is 1. The standard InChI is InChI=1S/C17H27ClN2/c1-13(2)20(11-15-6-8-19-9-7-15)12-16-5-4-14(3)10-17(16)18/h4-5,10,13,15,19H,6-9,11-12H2,1-3H3. The summed E-state index contributed by atoms with van der Waals surface area (Å²) in [4.78, 5) is 2.56. The summed E-state index contributed by atoms with van der Waals surface area (Å²) >= 11 is 6.38. The van der Waals surface area contributed by atoms with E-state index in [4.69, 9.17) is 11.6 Å². The number of hydrogen-bond acceptors (Lipinski definition) is 2. The van der Waals surface area contributed by atoms with Gasteiger partial charge in [-0.3, -0.25) is 4.90 Å². The van der Waals surface area contributed by atoms with Crippen LogP contribution < -0.4 is 5.32 Å². The van der Waals surface area contributed by atoms with Gasteiger partial charge < -0.3 is 5.32 Å². The Morgan fingerprint density at radius 2 is 2.00 bits per heavy atom. The van der Waals surface area contributed by atoms with E-state index in [1.165, 1.54) is 43.6 Å². The molecule has 1 aromatic rings. The first kappa shape index (κ1) is 15.8. The molecule has 1 fully saturated rings. The van der Waals surface area contributed by atoms with Crippen LogP contribution in [0.1, 0.15) is 37.8 Å². The minimum absolute atomic E-state index is 0.558. The third-order valence-electron chi connectivity index (χ3n) is 4.26. The molecule has 2 nitrogen and oxygen atoms in total. The van der Waals surface area contributed by atoms with Crippen LogP contribution >= 0.6 is 11.6 Å². The Bertz CT molecular complexity index is 425. The van der Waals surface area contributed by atoms with Gasteiger partial charge in [0.1, 0.15) is 0 Å². The molecular weight excluding hydrogens is 268 g/mol. The molecule has 1 aromatic carbocycles. The second-order valence-corrected chi connectivity index (χ2v) is 6.72. The molecule has 1 aliphatic heterocycles. The monoisotopic (exact) mass is 294 g/mol.